The highest BCUT2D eigenvalue weighted by atomic mass is 16.5. The van der Waals surface area contributed by atoms with Crippen LogP contribution in [0.4, 0.5) is 0 Å². The topological polar surface area (TPSA) is 50.1 Å². The Morgan fingerprint density at radius 2 is 2.14 bits per heavy atom. The van der Waals surface area contributed by atoms with Crippen LogP contribution in [0.25, 0.3) is 5.57 Å². The van der Waals surface area contributed by atoms with Crippen LogP contribution in [0.15, 0.2) is 42.0 Å². The van der Waals surface area contributed by atoms with Crippen molar-refractivity contribution in [2.75, 3.05) is 7.11 Å². The molecule has 2 atom stereocenters. The molecule has 0 heterocycles. The highest BCUT2D eigenvalue weighted by Crippen LogP contribution is 2.43. The van der Waals surface area contributed by atoms with Crippen LogP contribution >= 0.6 is 0 Å². The Morgan fingerprint density at radius 1 is 1.43 bits per heavy atom. The van der Waals surface area contributed by atoms with E-state index >= 15 is 0 Å². The van der Waals surface area contributed by atoms with E-state index in [1.54, 1.807) is 7.11 Å². The van der Waals surface area contributed by atoms with Gasteiger partial charge in [-0.05, 0) is 36.6 Å². The van der Waals surface area contributed by atoms with Crippen molar-refractivity contribution in [3.05, 3.63) is 53.1 Å². The number of carbonyl (C=O) groups is 1. The molecule has 0 saturated heterocycles. The second-order valence-electron chi connectivity index (χ2n) is 5.44. The molecule has 0 radical (unpaired) electrons. The lowest BCUT2D eigenvalue weighted by atomic mass is 9.72. The molecule has 0 fully saturated rings. The summed E-state index contributed by atoms with van der Waals surface area (Å²) in [6.07, 6.45) is 4.84. The van der Waals surface area contributed by atoms with Crippen LogP contribution in [0.5, 0.6) is 0 Å². The molecule has 0 amide bonds. The van der Waals surface area contributed by atoms with Gasteiger partial charge in [-0.15, -0.1) is 0 Å². The molecule has 3 nitrogen and oxygen atoms in total. The maximum absolute atomic E-state index is 11.2. The molecule has 108 valence electrons. The summed E-state index contributed by atoms with van der Waals surface area (Å²) in [6, 6.07) is 10.2. The molecule has 2 unspecified atom stereocenters. The number of ether oxygens (including phenoxy) is 1. The normalized spacial score (nSPS) is 24.8. The van der Waals surface area contributed by atoms with E-state index in [0.717, 1.165) is 23.0 Å². The van der Waals surface area contributed by atoms with Crippen molar-refractivity contribution >= 4 is 11.9 Å². The van der Waals surface area contributed by atoms with Crippen LogP contribution in [-0.4, -0.2) is 19.0 Å². The Bertz CT molecular complexity index is 651. The van der Waals surface area contributed by atoms with Gasteiger partial charge in [0, 0.05) is 25.0 Å². The van der Waals surface area contributed by atoms with E-state index in [1.165, 1.54) is 0 Å². The predicted molar refractivity (Wildman–Crippen MR) is 82.4 cm³/mol. The van der Waals surface area contributed by atoms with Crippen molar-refractivity contribution in [1.29, 1.82) is 5.26 Å². The number of nitrogens with zero attached hydrogens (tertiary/aromatic N) is 1. The number of carbonyl (C=O) groups excluding carboxylic acids is 1. The molecule has 0 aliphatic heterocycles. The molecular formula is C18H19NO2. The molecule has 2 rings (SSSR count). The average molecular weight is 281 g/mol. The summed E-state index contributed by atoms with van der Waals surface area (Å²) in [4.78, 5) is 11.2. The zero-order chi connectivity index (χ0) is 15.5. The van der Waals surface area contributed by atoms with Crippen LogP contribution in [0.3, 0.4) is 0 Å². The Labute approximate surface area is 125 Å². The van der Waals surface area contributed by atoms with Crippen molar-refractivity contribution < 1.29 is 9.53 Å². The van der Waals surface area contributed by atoms with Crippen molar-refractivity contribution in [3.63, 3.8) is 0 Å². The van der Waals surface area contributed by atoms with E-state index in [4.69, 9.17) is 10.00 Å². The van der Waals surface area contributed by atoms with Crippen molar-refractivity contribution in [1.82, 2.24) is 0 Å². The average Bonchev–Trinajstić information content (AvgIpc) is 2.50. The second-order valence-corrected chi connectivity index (χ2v) is 5.44. The maximum Gasteiger partial charge on any atom is 0.149 e. The number of methoxy groups -OCH3 is 1. The zero-order valence-electron chi connectivity index (χ0n) is 12.6. The third kappa shape index (κ3) is 2.68. The van der Waals surface area contributed by atoms with Crippen molar-refractivity contribution in [2.45, 2.75) is 25.9 Å². The van der Waals surface area contributed by atoms with Gasteiger partial charge in [-0.25, -0.2) is 0 Å². The highest BCUT2D eigenvalue weighted by Gasteiger charge is 2.40. The lowest BCUT2D eigenvalue weighted by Crippen LogP contribution is -2.39. The quantitative estimate of drug-likeness (QED) is 0.794. The molecule has 1 aromatic rings. The first-order chi connectivity index (χ1) is 10.1. The Morgan fingerprint density at radius 3 is 2.71 bits per heavy atom. The molecule has 1 aromatic carbocycles. The lowest BCUT2D eigenvalue weighted by Gasteiger charge is -2.39. The van der Waals surface area contributed by atoms with Gasteiger partial charge >= 0.3 is 0 Å². The van der Waals surface area contributed by atoms with Gasteiger partial charge in [0.1, 0.15) is 6.29 Å². The molecule has 0 bridgehead atoms. The molecule has 0 saturated carbocycles. The first kappa shape index (κ1) is 15.2. The standard InChI is InChI=1S/C18H19NO2/c1-13-6-4-5-7-16(13)17-11-14(12-20)10-15(8-9-19)18(17,2)21-3/h4-7,10-12,15H,8H2,1-3H3. The first-order valence-electron chi connectivity index (χ1n) is 6.94. The lowest BCUT2D eigenvalue weighted by molar-refractivity contribution is -0.104. The monoisotopic (exact) mass is 281 g/mol. The maximum atomic E-state index is 11.2. The van der Waals surface area contributed by atoms with E-state index in [-0.39, 0.29) is 5.92 Å². The number of rotatable bonds is 4. The molecule has 1 aliphatic rings. The second kappa shape index (κ2) is 6.07. The number of nitriles is 1. The Hall–Kier alpha value is -2.18. The fourth-order valence-corrected chi connectivity index (χ4v) is 2.86. The van der Waals surface area contributed by atoms with Crippen LogP contribution in [0.2, 0.25) is 0 Å². The number of aldehydes is 1. The van der Waals surface area contributed by atoms with Gasteiger partial charge in [-0.3, -0.25) is 4.79 Å². The van der Waals surface area contributed by atoms with Gasteiger partial charge < -0.3 is 4.74 Å². The van der Waals surface area contributed by atoms with E-state index in [2.05, 4.69) is 6.07 Å². The highest BCUT2D eigenvalue weighted by molar-refractivity contribution is 5.88. The summed E-state index contributed by atoms with van der Waals surface area (Å²) in [5, 5.41) is 9.07. The summed E-state index contributed by atoms with van der Waals surface area (Å²) >= 11 is 0. The van der Waals surface area contributed by atoms with Crippen LogP contribution in [0, 0.1) is 24.2 Å². The molecule has 1 aliphatic carbocycles. The van der Waals surface area contributed by atoms with Gasteiger partial charge in [0.15, 0.2) is 0 Å². The van der Waals surface area contributed by atoms with Gasteiger partial charge in [0.2, 0.25) is 0 Å². The largest absolute Gasteiger partial charge is 0.373 e. The minimum Gasteiger partial charge on any atom is -0.373 e. The van der Waals surface area contributed by atoms with E-state index in [1.807, 2.05) is 50.3 Å². The predicted octanol–water partition coefficient (Wildman–Crippen LogP) is 3.45. The number of hydrogen-bond acceptors (Lipinski definition) is 3. The summed E-state index contributed by atoms with van der Waals surface area (Å²) in [5.41, 5.74) is 3.11. The molecule has 3 heteroatoms. The summed E-state index contributed by atoms with van der Waals surface area (Å²) in [6.45, 7) is 4.01. The summed E-state index contributed by atoms with van der Waals surface area (Å²) in [5.74, 6) is -0.146. The Balaban J connectivity index is 2.63. The van der Waals surface area contributed by atoms with Gasteiger partial charge in [0.05, 0.1) is 11.7 Å². The smallest absolute Gasteiger partial charge is 0.149 e. The molecule has 21 heavy (non-hydrogen) atoms. The minimum atomic E-state index is -0.617. The zero-order valence-corrected chi connectivity index (χ0v) is 12.6. The molecule has 0 aromatic heterocycles. The summed E-state index contributed by atoms with van der Waals surface area (Å²) in [7, 11) is 1.65. The van der Waals surface area contributed by atoms with Crippen molar-refractivity contribution in [3.8, 4) is 6.07 Å². The summed E-state index contributed by atoms with van der Waals surface area (Å²) < 4.78 is 5.78. The number of hydrogen-bond donors (Lipinski definition) is 0. The molecular weight excluding hydrogens is 262 g/mol. The van der Waals surface area contributed by atoms with Crippen LogP contribution < -0.4 is 0 Å². The molecule has 0 spiro atoms. The van der Waals surface area contributed by atoms with E-state index < -0.39 is 5.60 Å². The number of allylic oxidation sites excluding steroid dienone is 2. The van der Waals surface area contributed by atoms with Crippen LogP contribution in [-0.2, 0) is 9.53 Å². The fraction of sp³-hybridized carbons (Fsp3) is 0.333. The first-order valence-corrected chi connectivity index (χ1v) is 6.94. The van der Waals surface area contributed by atoms with Gasteiger partial charge in [-0.2, -0.15) is 5.26 Å². The third-order valence-electron chi connectivity index (χ3n) is 4.25. The SMILES string of the molecule is COC1(C)C(c2ccccc2C)=CC(C=O)=CC1CC#N. The molecule has 0 N–H and O–H groups in total. The van der Waals surface area contributed by atoms with E-state index in [0.29, 0.717) is 12.0 Å². The van der Waals surface area contributed by atoms with Gasteiger partial charge in [0.25, 0.3) is 0 Å². The van der Waals surface area contributed by atoms with E-state index in [9.17, 15) is 4.79 Å². The number of aryl methyl sites for hydroxylation is 1. The third-order valence-corrected chi connectivity index (χ3v) is 4.25. The Kier molecular flexibility index (Phi) is 4.40. The number of benzene rings is 1. The van der Waals surface area contributed by atoms with Crippen LogP contribution in [0.1, 0.15) is 24.5 Å². The van der Waals surface area contributed by atoms with Gasteiger partial charge in [-0.1, -0.05) is 30.3 Å². The minimum absolute atomic E-state index is 0.146. The van der Waals surface area contributed by atoms with Crippen molar-refractivity contribution in [2.24, 2.45) is 5.92 Å². The fourth-order valence-electron chi connectivity index (χ4n) is 2.86.